The van der Waals surface area contributed by atoms with Crippen LogP contribution in [0.25, 0.3) is 0 Å². The first-order chi connectivity index (χ1) is 9.22. The summed E-state index contributed by atoms with van der Waals surface area (Å²) in [5.74, 6) is 1.53. The van der Waals surface area contributed by atoms with E-state index in [0.29, 0.717) is 6.04 Å². The van der Waals surface area contributed by atoms with Crippen LogP contribution < -0.4 is 0 Å². The first kappa shape index (κ1) is 14.5. The van der Waals surface area contributed by atoms with Crippen molar-refractivity contribution in [3.05, 3.63) is 35.9 Å². The van der Waals surface area contributed by atoms with Crippen molar-refractivity contribution in [2.24, 2.45) is 11.8 Å². The van der Waals surface area contributed by atoms with Gasteiger partial charge in [0.25, 0.3) is 0 Å². The van der Waals surface area contributed by atoms with E-state index in [-0.39, 0.29) is 6.61 Å². The van der Waals surface area contributed by atoms with Crippen LogP contribution in [0, 0.1) is 11.8 Å². The molecular weight excluding hydrogens is 234 g/mol. The van der Waals surface area contributed by atoms with E-state index >= 15 is 0 Å². The minimum Gasteiger partial charge on any atom is -0.395 e. The molecule has 0 bridgehead atoms. The van der Waals surface area contributed by atoms with Crippen molar-refractivity contribution in [2.75, 3.05) is 13.2 Å². The van der Waals surface area contributed by atoms with Crippen LogP contribution in [0.1, 0.15) is 38.7 Å². The van der Waals surface area contributed by atoms with Crippen molar-refractivity contribution in [3.8, 4) is 0 Å². The number of hydrogen-bond acceptors (Lipinski definition) is 2. The smallest absolute Gasteiger partial charge is 0.0558 e. The molecule has 0 aliphatic heterocycles. The molecule has 1 fully saturated rings. The highest BCUT2D eigenvalue weighted by Crippen LogP contribution is 2.35. The molecule has 1 N–H and O–H groups in total. The molecule has 0 unspecified atom stereocenters. The minimum absolute atomic E-state index is 0.258. The summed E-state index contributed by atoms with van der Waals surface area (Å²) in [7, 11) is 0. The highest BCUT2D eigenvalue weighted by atomic mass is 16.3. The van der Waals surface area contributed by atoms with Crippen LogP contribution in [-0.2, 0) is 6.54 Å². The van der Waals surface area contributed by atoms with Gasteiger partial charge in [-0.05, 0) is 30.2 Å². The molecule has 0 amide bonds. The summed E-state index contributed by atoms with van der Waals surface area (Å²) in [6.45, 7) is 6.69. The lowest BCUT2D eigenvalue weighted by Gasteiger charge is -2.34. The highest BCUT2D eigenvalue weighted by Gasteiger charge is 2.33. The molecule has 2 rings (SSSR count). The SMILES string of the molecule is CC(C)[C@@H]1CCC[C@H]1N(CCO)Cc1ccccc1. The Kier molecular flexibility index (Phi) is 5.41. The van der Waals surface area contributed by atoms with Crippen molar-refractivity contribution < 1.29 is 5.11 Å². The predicted molar refractivity (Wildman–Crippen MR) is 79.9 cm³/mol. The van der Waals surface area contributed by atoms with E-state index < -0.39 is 0 Å². The Morgan fingerprint density at radius 2 is 1.95 bits per heavy atom. The van der Waals surface area contributed by atoms with E-state index in [2.05, 4.69) is 49.1 Å². The third-order valence-electron chi connectivity index (χ3n) is 4.47. The van der Waals surface area contributed by atoms with Crippen LogP contribution in [0.3, 0.4) is 0 Å². The summed E-state index contributed by atoms with van der Waals surface area (Å²) in [4.78, 5) is 2.49. The molecule has 2 atom stereocenters. The van der Waals surface area contributed by atoms with Crippen LogP contribution in [-0.4, -0.2) is 29.2 Å². The Labute approximate surface area is 117 Å². The summed E-state index contributed by atoms with van der Waals surface area (Å²) < 4.78 is 0. The van der Waals surface area contributed by atoms with E-state index in [9.17, 15) is 5.11 Å². The number of aliphatic hydroxyl groups excluding tert-OH is 1. The Morgan fingerprint density at radius 1 is 1.21 bits per heavy atom. The third kappa shape index (κ3) is 3.80. The molecule has 1 aliphatic rings. The summed E-state index contributed by atoms with van der Waals surface area (Å²) in [5.41, 5.74) is 1.35. The molecule has 1 saturated carbocycles. The normalized spacial score (nSPS) is 23.4. The van der Waals surface area contributed by atoms with Crippen molar-refractivity contribution in [2.45, 2.75) is 45.7 Å². The van der Waals surface area contributed by atoms with Gasteiger partial charge in [0, 0.05) is 19.1 Å². The van der Waals surface area contributed by atoms with Gasteiger partial charge in [-0.15, -0.1) is 0 Å². The average molecular weight is 261 g/mol. The fourth-order valence-corrected chi connectivity index (χ4v) is 3.51. The average Bonchev–Trinajstić information content (AvgIpc) is 2.89. The Hall–Kier alpha value is -0.860. The lowest BCUT2D eigenvalue weighted by Crippen LogP contribution is -2.40. The number of benzene rings is 1. The van der Waals surface area contributed by atoms with Gasteiger partial charge in [-0.2, -0.15) is 0 Å². The molecule has 1 aromatic carbocycles. The van der Waals surface area contributed by atoms with Gasteiger partial charge in [-0.25, -0.2) is 0 Å². The minimum atomic E-state index is 0.258. The fraction of sp³-hybridized carbons (Fsp3) is 0.647. The topological polar surface area (TPSA) is 23.5 Å². The highest BCUT2D eigenvalue weighted by molar-refractivity contribution is 5.14. The van der Waals surface area contributed by atoms with Gasteiger partial charge in [0.2, 0.25) is 0 Å². The quantitative estimate of drug-likeness (QED) is 0.849. The molecule has 0 radical (unpaired) electrons. The standard InChI is InChI=1S/C17H27NO/c1-14(2)16-9-6-10-17(16)18(11-12-19)13-15-7-4-3-5-8-15/h3-5,7-8,14,16-17,19H,6,9-13H2,1-2H3/t16-,17+/m0/s1. The summed E-state index contributed by atoms with van der Waals surface area (Å²) in [5, 5.41) is 9.36. The summed E-state index contributed by atoms with van der Waals surface area (Å²) in [6.07, 6.45) is 3.97. The van der Waals surface area contributed by atoms with Crippen LogP contribution in [0.5, 0.6) is 0 Å². The Bertz CT molecular complexity index is 363. The second-order valence-electron chi connectivity index (χ2n) is 6.09. The second kappa shape index (κ2) is 7.06. The molecule has 1 aromatic rings. The van der Waals surface area contributed by atoms with Crippen LogP contribution >= 0.6 is 0 Å². The molecule has 2 nitrogen and oxygen atoms in total. The molecule has 1 aliphatic carbocycles. The number of aliphatic hydroxyl groups is 1. The predicted octanol–water partition coefficient (Wildman–Crippen LogP) is 3.31. The molecule has 0 saturated heterocycles. The van der Waals surface area contributed by atoms with Gasteiger partial charge >= 0.3 is 0 Å². The van der Waals surface area contributed by atoms with Gasteiger partial charge in [0.05, 0.1) is 6.61 Å². The van der Waals surface area contributed by atoms with Crippen molar-refractivity contribution in [1.82, 2.24) is 4.90 Å². The fourth-order valence-electron chi connectivity index (χ4n) is 3.51. The molecule has 0 heterocycles. The number of rotatable bonds is 6. The van der Waals surface area contributed by atoms with Crippen molar-refractivity contribution in [1.29, 1.82) is 0 Å². The maximum atomic E-state index is 9.36. The lowest BCUT2D eigenvalue weighted by atomic mass is 9.90. The van der Waals surface area contributed by atoms with Crippen LogP contribution in [0.2, 0.25) is 0 Å². The zero-order valence-electron chi connectivity index (χ0n) is 12.3. The largest absolute Gasteiger partial charge is 0.395 e. The van der Waals surface area contributed by atoms with Crippen LogP contribution in [0.15, 0.2) is 30.3 Å². The number of nitrogens with zero attached hydrogens (tertiary/aromatic N) is 1. The van der Waals surface area contributed by atoms with Crippen molar-refractivity contribution >= 4 is 0 Å². The van der Waals surface area contributed by atoms with Gasteiger partial charge in [0.15, 0.2) is 0 Å². The number of hydrogen-bond donors (Lipinski definition) is 1. The first-order valence-corrected chi connectivity index (χ1v) is 7.61. The van der Waals surface area contributed by atoms with E-state index in [4.69, 9.17) is 0 Å². The maximum Gasteiger partial charge on any atom is 0.0558 e. The first-order valence-electron chi connectivity index (χ1n) is 7.61. The molecular formula is C17H27NO. The van der Waals surface area contributed by atoms with E-state index in [1.807, 2.05) is 0 Å². The third-order valence-corrected chi connectivity index (χ3v) is 4.47. The van der Waals surface area contributed by atoms with E-state index in [1.54, 1.807) is 0 Å². The van der Waals surface area contributed by atoms with Gasteiger partial charge < -0.3 is 5.11 Å². The van der Waals surface area contributed by atoms with Crippen LogP contribution in [0.4, 0.5) is 0 Å². The summed E-state index contributed by atoms with van der Waals surface area (Å²) >= 11 is 0. The van der Waals surface area contributed by atoms with E-state index in [1.165, 1.54) is 24.8 Å². The molecule has 19 heavy (non-hydrogen) atoms. The second-order valence-corrected chi connectivity index (χ2v) is 6.09. The Balaban J connectivity index is 2.06. The van der Waals surface area contributed by atoms with Gasteiger partial charge in [-0.3, -0.25) is 4.90 Å². The molecule has 106 valence electrons. The van der Waals surface area contributed by atoms with Crippen molar-refractivity contribution in [3.63, 3.8) is 0 Å². The van der Waals surface area contributed by atoms with Gasteiger partial charge in [0.1, 0.15) is 0 Å². The summed E-state index contributed by atoms with van der Waals surface area (Å²) in [6, 6.07) is 11.3. The van der Waals surface area contributed by atoms with Gasteiger partial charge in [-0.1, -0.05) is 50.6 Å². The molecule has 0 spiro atoms. The zero-order chi connectivity index (χ0) is 13.7. The molecule has 0 aromatic heterocycles. The molecule has 2 heteroatoms. The maximum absolute atomic E-state index is 9.36. The lowest BCUT2D eigenvalue weighted by molar-refractivity contribution is 0.103. The monoisotopic (exact) mass is 261 g/mol. The Morgan fingerprint density at radius 3 is 2.58 bits per heavy atom. The van der Waals surface area contributed by atoms with E-state index in [0.717, 1.165) is 24.9 Å². The zero-order valence-corrected chi connectivity index (χ0v) is 12.3.